The zero-order chi connectivity index (χ0) is 18.0. The number of rotatable bonds is 10. The van der Waals surface area contributed by atoms with Gasteiger partial charge in [-0.25, -0.2) is 0 Å². The third kappa shape index (κ3) is 8.77. The molecule has 0 aliphatic heterocycles. The maximum atomic E-state index is 12.2. The van der Waals surface area contributed by atoms with Crippen LogP contribution in [0.1, 0.15) is 40.0 Å². The van der Waals surface area contributed by atoms with Crippen LogP contribution in [-0.4, -0.2) is 53.5 Å². The predicted octanol–water partition coefficient (Wildman–Crippen LogP) is -1.29. The van der Waals surface area contributed by atoms with Crippen molar-refractivity contribution in [3.05, 3.63) is 0 Å². The number of carboxylic acids is 1. The van der Waals surface area contributed by atoms with E-state index in [-0.39, 0.29) is 5.91 Å². The molecule has 3 atom stereocenters. The summed E-state index contributed by atoms with van der Waals surface area (Å²) >= 11 is 0. The van der Waals surface area contributed by atoms with Crippen LogP contribution in [-0.2, 0) is 19.2 Å². The first-order valence-electron chi connectivity index (χ1n) is 7.49. The number of hydrogen-bond donors (Lipinski definition) is 5. The Bertz CT molecular complexity index is 441. The van der Waals surface area contributed by atoms with Gasteiger partial charge < -0.3 is 26.8 Å². The van der Waals surface area contributed by atoms with Crippen LogP contribution in [0.2, 0.25) is 0 Å². The second-order valence-electron chi connectivity index (χ2n) is 5.34. The molecule has 0 fully saturated rings. The van der Waals surface area contributed by atoms with Crippen molar-refractivity contribution in [2.75, 3.05) is 6.54 Å². The SMILES string of the molecule is CC(=O)NC(CCCCN)C(=O)N[C@H](C)C(=O)N[C@H](C)C(=O)O. The normalized spacial score (nSPS) is 14.3. The third-order valence-corrected chi connectivity index (χ3v) is 3.12. The molecule has 6 N–H and O–H groups in total. The first-order valence-corrected chi connectivity index (χ1v) is 7.49. The van der Waals surface area contributed by atoms with Gasteiger partial charge in [-0.15, -0.1) is 0 Å². The quantitative estimate of drug-likeness (QED) is 0.315. The fraction of sp³-hybridized carbons (Fsp3) is 0.714. The number of amides is 3. The Morgan fingerprint density at radius 2 is 1.52 bits per heavy atom. The number of nitrogens with one attached hydrogen (secondary N) is 3. The van der Waals surface area contributed by atoms with Crippen molar-refractivity contribution in [1.82, 2.24) is 16.0 Å². The molecule has 1 unspecified atom stereocenters. The first-order chi connectivity index (χ1) is 10.7. The molecule has 23 heavy (non-hydrogen) atoms. The Morgan fingerprint density at radius 3 is 2.00 bits per heavy atom. The molecule has 0 radical (unpaired) electrons. The molecule has 0 aliphatic rings. The number of carbonyl (C=O) groups is 4. The van der Waals surface area contributed by atoms with Gasteiger partial charge in [0.2, 0.25) is 17.7 Å². The smallest absolute Gasteiger partial charge is 0.325 e. The molecule has 0 saturated heterocycles. The molecule has 9 heteroatoms. The first kappa shape index (κ1) is 20.8. The Balaban J connectivity index is 4.59. The van der Waals surface area contributed by atoms with Crippen molar-refractivity contribution < 1.29 is 24.3 Å². The van der Waals surface area contributed by atoms with Crippen LogP contribution in [0.3, 0.4) is 0 Å². The molecule has 0 bridgehead atoms. The number of nitrogens with two attached hydrogens (primary N) is 1. The summed E-state index contributed by atoms with van der Waals surface area (Å²) in [5.74, 6) is -2.64. The Labute approximate surface area is 135 Å². The van der Waals surface area contributed by atoms with Crippen molar-refractivity contribution in [1.29, 1.82) is 0 Å². The van der Waals surface area contributed by atoms with Gasteiger partial charge in [0, 0.05) is 6.92 Å². The largest absolute Gasteiger partial charge is 0.480 e. The summed E-state index contributed by atoms with van der Waals surface area (Å²) in [6.07, 6.45) is 1.78. The molecule has 0 aromatic carbocycles. The lowest BCUT2D eigenvalue weighted by atomic mass is 10.1. The minimum Gasteiger partial charge on any atom is -0.480 e. The second-order valence-corrected chi connectivity index (χ2v) is 5.34. The summed E-state index contributed by atoms with van der Waals surface area (Å²) in [6, 6.07) is -2.74. The number of carboxylic acid groups (broad SMARTS) is 1. The Morgan fingerprint density at radius 1 is 0.957 bits per heavy atom. The average molecular weight is 330 g/mol. The lowest BCUT2D eigenvalue weighted by Gasteiger charge is -2.21. The van der Waals surface area contributed by atoms with E-state index in [1.54, 1.807) is 0 Å². The molecule has 0 spiro atoms. The van der Waals surface area contributed by atoms with E-state index in [2.05, 4.69) is 16.0 Å². The van der Waals surface area contributed by atoms with Crippen LogP contribution in [0.5, 0.6) is 0 Å². The van der Waals surface area contributed by atoms with Crippen molar-refractivity contribution in [3.8, 4) is 0 Å². The lowest BCUT2D eigenvalue weighted by molar-refractivity contribution is -0.141. The van der Waals surface area contributed by atoms with Gasteiger partial charge in [-0.2, -0.15) is 0 Å². The van der Waals surface area contributed by atoms with Gasteiger partial charge in [-0.1, -0.05) is 0 Å². The topological polar surface area (TPSA) is 151 Å². The van der Waals surface area contributed by atoms with Crippen molar-refractivity contribution >= 4 is 23.7 Å². The molecule has 0 aromatic heterocycles. The van der Waals surface area contributed by atoms with E-state index in [9.17, 15) is 19.2 Å². The molecule has 0 saturated carbocycles. The second kappa shape index (κ2) is 10.5. The fourth-order valence-electron chi connectivity index (χ4n) is 1.79. The Hall–Kier alpha value is -2.16. The number of hydrogen-bond acceptors (Lipinski definition) is 5. The monoisotopic (exact) mass is 330 g/mol. The van der Waals surface area contributed by atoms with Crippen molar-refractivity contribution in [2.45, 2.75) is 58.2 Å². The van der Waals surface area contributed by atoms with E-state index in [0.717, 1.165) is 6.42 Å². The highest BCUT2D eigenvalue weighted by molar-refractivity contribution is 5.92. The van der Waals surface area contributed by atoms with Crippen LogP contribution >= 0.6 is 0 Å². The van der Waals surface area contributed by atoms with E-state index in [0.29, 0.717) is 19.4 Å². The van der Waals surface area contributed by atoms with Gasteiger partial charge in [0.15, 0.2) is 0 Å². The fourth-order valence-corrected chi connectivity index (χ4v) is 1.79. The molecule has 132 valence electrons. The summed E-state index contributed by atoms with van der Waals surface area (Å²) in [7, 11) is 0. The minimum absolute atomic E-state index is 0.352. The predicted molar refractivity (Wildman–Crippen MR) is 83.4 cm³/mol. The van der Waals surface area contributed by atoms with Gasteiger partial charge in [-0.3, -0.25) is 19.2 Å². The van der Waals surface area contributed by atoms with Gasteiger partial charge >= 0.3 is 5.97 Å². The highest BCUT2D eigenvalue weighted by atomic mass is 16.4. The lowest BCUT2D eigenvalue weighted by Crippen LogP contribution is -2.54. The zero-order valence-electron chi connectivity index (χ0n) is 13.7. The molecular formula is C14H26N4O5. The van der Waals surface area contributed by atoms with E-state index >= 15 is 0 Å². The molecule has 0 heterocycles. The minimum atomic E-state index is -1.17. The van der Waals surface area contributed by atoms with Gasteiger partial charge in [0.25, 0.3) is 0 Å². The third-order valence-electron chi connectivity index (χ3n) is 3.12. The highest BCUT2D eigenvalue weighted by Gasteiger charge is 2.24. The molecule has 0 rings (SSSR count). The Kier molecular flexibility index (Phi) is 9.56. The maximum Gasteiger partial charge on any atom is 0.325 e. The van der Waals surface area contributed by atoms with E-state index in [4.69, 9.17) is 10.8 Å². The number of carbonyl (C=O) groups excluding carboxylic acids is 3. The molecule has 0 aliphatic carbocycles. The summed E-state index contributed by atoms with van der Waals surface area (Å²) in [6.45, 7) is 4.54. The highest BCUT2D eigenvalue weighted by Crippen LogP contribution is 2.02. The van der Waals surface area contributed by atoms with Crippen LogP contribution in [0, 0.1) is 0 Å². The summed E-state index contributed by atoms with van der Waals surface area (Å²) in [5, 5.41) is 16.0. The maximum absolute atomic E-state index is 12.2. The van der Waals surface area contributed by atoms with E-state index in [1.807, 2.05) is 0 Å². The van der Waals surface area contributed by atoms with Crippen molar-refractivity contribution in [3.63, 3.8) is 0 Å². The number of aliphatic carboxylic acids is 1. The summed E-state index contributed by atoms with van der Waals surface area (Å²) in [4.78, 5) is 45.8. The summed E-state index contributed by atoms with van der Waals surface area (Å²) < 4.78 is 0. The summed E-state index contributed by atoms with van der Waals surface area (Å²) in [5.41, 5.74) is 5.39. The van der Waals surface area contributed by atoms with Gasteiger partial charge in [0.05, 0.1) is 0 Å². The number of unbranched alkanes of at least 4 members (excludes halogenated alkanes) is 1. The zero-order valence-corrected chi connectivity index (χ0v) is 13.7. The average Bonchev–Trinajstić information content (AvgIpc) is 2.45. The molecule has 3 amide bonds. The molecular weight excluding hydrogens is 304 g/mol. The molecule has 0 aromatic rings. The van der Waals surface area contributed by atoms with E-state index in [1.165, 1.54) is 20.8 Å². The van der Waals surface area contributed by atoms with Crippen LogP contribution < -0.4 is 21.7 Å². The van der Waals surface area contributed by atoms with E-state index < -0.39 is 35.9 Å². The van der Waals surface area contributed by atoms with Crippen LogP contribution in [0.25, 0.3) is 0 Å². The molecule has 9 nitrogen and oxygen atoms in total. The van der Waals surface area contributed by atoms with Crippen molar-refractivity contribution in [2.24, 2.45) is 5.73 Å². The van der Waals surface area contributed by atoms with Gasteiger partial charge in [0.1, 0.15) is 18.1 Å². The standard InChI is InChI=1S/C14H26N4O5/c1-8(12(20)17-9(2)14(22)23)16-13(21)11(18-10(3)19)6-4-5-7-15/h8-9,11H,4-7,15H2,1-3H3,(H,16,21)(H,17,20)(H,18,19)(H,22,23)/t8-,9-,11?/m1/s1. The van der Waals surface area contributed by atoms with Gasteiger partial charge in [-0.05, 0) is 39.7 Å². The van der Waals surface area contributed by atoms with Crippen LogP contribution in [0.15, 0.2) is 0 Å². The van der Waals surface area contributed by atoms with Crippen LogP contribution in [0.4, 0.5) is 0 Å².